The Morgan fingerprint density at radius 3 is 2.54 bits per heavy atom. The molecule has 8 nitrogen and oxygen atoms in total. The number of aliphatic hydroxyl groups is 1. The quantitative estimate of drug-likeness (QED) is 0.437. The number of rotatable bonds is 13. The van der Waals surface area contributed by atoms with Gasteiger partial charge >= 0.3 is 5.69 Å². The maximum atomic E-state index is 12.1. The van der Waals surface area contributed by atoms with E-state index in [1.54, 1.807) is 0 Å². The molecule has 1 aliphatic rings. The van der Waals surface area contributed by atoms with Crippen LogP contribution in [-0.2, 0) is 16.1 Å². The van der Waals surface area contributed by atoms with E-state index < -0.39 is 23.6 Å². The van der Waals surface area contributed by atoms with Crippen LogP contribution in [0.4, 0.5) is 0 Å². The molecule has 1 aromatic rings. The lowest BCUT2D eigenvalue weighted by atomic mass is 10.1. The Labute approximate surface area is 166 Å². The molecule has 3 atom stereocenters. The molecule has 8 heteroatoms. The summed E-state index contributed by atoms with van der Waals surface area (Å²) in [6.45, 7) is 2.75. The summed E-state index contributed by atoms with van der Waals surface area (Å²) in [5.74, 6) is 0. The topological polar surface area (TPSA) is 120 Å². The second kappa shape index (κ2) is 12.2. The van der Waals surface area contributed by atoms with Crippen LogP contribution in [0.15, 0.2) is 15.8 Å². The van der Waals surface area contributed by atoms with Crippen LogP contribution < -0.4 is 17.0 Å². The number of nitrogens with two attached hydrogens (primary N) is 1. The van der Waals surface area contributed by atoms with Gasteiger partial charge in [-0.3, -0.25) is 14.3 Å². The zero-order valence-corrected chi connectivity index (χ0v) is 16.9. The zero-order chi connectivity index (χ0) is 20.4. The first-order valence-electron chi connectivity index (χ1n) is 10.5. The van der Waals surface area contributed by atoms with E-state index in [2.05, 4.69) is 11.9 Å². The molecular weight excluding hydrogens is 362 g/mol. The smallest absolute Gasteiger partial charge is 0.330 e. The molecule has 2 rings (SSSR count). The minimum atomic E-state index is -0.594. The summed E-state index contributed by atoms with van der Waals surface area (Å²) in [6.07, 6.45) is 10.5. The van der Waals surface area contributed by atoms with Gasteiger partial charge in [0.2, 0.25) is 0 Å². The number of aromatic nitrogens is 2. The molecule has 160 valence electrons. The van der Waals surface area contributed by atoms with Gasteiger partial charge in [0.15, 0.2) is 0 Å². The molecule has 1 saturated heterocycles. The van der Waals surface area contributed by atoms with E-state index in [9.17, 15) is 14.7 Å². The van der Waals surface area contributed by atoms with Crippen LogP contribution >= 0.6 is 0 Å². The van der Waals surface area contributed by atoms with Crippen molar-refractivity contribution < 1.29 is 14.6 Å². The summed E-state index contributed by atoms with van der Waals surface area (Å²) >= 11 is 0. The standard InChI is InChI=1S/C20H35N3O5/c1-2-3-4-5-6-7-8-9-10-27-14-15-12-23(20(26)22-19(15)25)18-11-16(21)17(13-24)28-18/h12,16-18,24H,2-11,13-14,21H2,1H3,(H,22,25,26)/t16?,17-,18-/m1/s1. The third-order valence-electron chi connectivity index (χ3n) is 5.21. The van der Waals surface area contributed by atoms with Crippen LogP contribution in [0.2, 0.25) is 0 Å². The normalized spacial score (nSPS) is 22.0. The molecule has 4 N–H and O–H groups in total. The maximum Gasteiger partial charge on any atom is 0.330 e. The van der Waals surface area contributed by atoms with Gasteiger partial charge in [-0.15, -0.1) is 0 Å². The van der Waals surface area contributed by atoms with Crippen LogP contribution in [0.3, 0.4) is 0 Å². The first kappa shape index (κ1) is 22.8. The lowest BCUT2D eigenvalue weighted by Crippen LogP contribution is -2.34. The molecule has 0 bridgehead atoms. The molecule has 1 unspecified atom stereocenters. The van der Waals surface area contributed by atoms with Crippen molar-refractivity contribution >= 4 is 0 Å². The van der Waals surface area contributed by atoms with Gasteiger partial charge in [-0.25, -0.2) is 4.79 Å². The highest BCUT2D eigenvalue weighted by Gasteiger charge is 2.34. The monoisotopic (exact) mass is 397 g/mol. The van der Waals surface area contributed by atoms with E-state index in [-0.39, 0.29) is 19.3 Å². The Morgan fingerprint density at radius 1 is 1.21 bits per heavy atom. The molecule has 0 aromatic carbocycles. The van der Waals surface area contributed by atoms with E-state index in [4.69, 9.17) is 15.2 Å². The van der Waals surface area contributed by atoms with Gasteiger partial charge in [-0.05, 0) is 6.42 Å². The van der Waals surface area contributed by atoms with Gasteiger partial charge in [-0.1, -0.05) is 51.9 Å². The minimum absolute atomic E-state index is 0.147. The van der Waals surface area contributed by atoms with Crippen LogP contribution in [0.25, 0.3) is 0 Å². The average molecular weight is 398 g/mol. The van der Waals surface area contributed by atoms with Crippen molar-refractivity contribution in [3.63, 3.8) is 0 Å². The molecule has 1 fully saturated rings. The predicted molar refractivity (Wildman–Crippen MR) is 107 cm³/mol. The second-order valence-corrected chi connectivity index (χ2v) is 7.56. The highest BCUT2D eigenvalue weighted by atomic mass is 16.5. The number of hydrogen-bond acceptors (Lipinski definition) is 6. The van der Waals surface area contributed by atoms with E-state index in [0.717, 1.165) is 12.8 Å². The molecule has 1 aliphatic heterocycles. The fourth-order valence-electron chi connectivity index (χ4n) is 3.46. The summed E-state index contributed by atoms with van der Waals surface area (Å²) in [5, 5.41) is 9.26. The van der Waals surface area contributed by atoms with Crippen molar-refractivity contribution in [2.45, 2.75) is 89.7 Å². The fraction of sp³-hybridized carbons (Fsp3) is 0.800. The number of unbranched alkanes of at least 4 members (excludes halogenated alkanes) is 7. The molecule has 0 spiro atoms. The lowest BCUT2D eigenvalue weighted by molar-refractivity contribution is -0.0274. The van der Waals surface area contributed by atoms with Crippen molar-refractivity contribution in [2.24, 2.45) is 5.73 Å². The van der Waals surface area contributed by atoms with Crippen LogP contribution in [-0.4, -0.2) is 40.0 Å². The zero-order valence-electron chi connectivity index (χ0n) is 16.9. The summed E-state index contributed by atoms with van der Waals surface area (Å²) in [4.78, 5) is 26.4. The number of aromatic amines is 1. The van der Waals surface area contributed by atoms with Crippen LogP contribution in [0.5, 0.6) is 0 Å². The number of ether oxygens (including phenoxy) is 2. The molecule has 0 saturated carbocycles. The van der Waals surface area contributed by atoms with Gasteiger partial charge in [0.05, 0.1) is 24.9 Å². The Hall–Kier alpha value is -1.48. The van der Waals surface area contributed by atoms with Crippen molar-refractivity contribution in [1.29, 1.82) is 0 Å². The third kappa shape index (κ3) is 6.84. The Kier molecular flexibility index (Phi) is 9.91. The first-order chi connectivity index (χ1) is 13.6. The largest absolute Gasteiger partial charge is 0.394 e. The van der Waals surface area contributed by atoms with Crippen molar-refractivity contribution in [1.82, 2.24) is 9.55 Å². The van der Waals surface area contributed by atoms with Crippen LogP contribution in [0, 0.1) is 0 Å². The van der Waals surface area contributed by atoms with E-state index in [1.807, 2.05) is 0 Å². The number of H-pyrrole nitrogens is 1. The number of nitrogens with one attached hydrogen (secondary N) is 1. The molecule has 0 radical (unpaired) electrons. The van der Waals surface area contributed by atoms with Crippen molar-refractivity contribution in [3.05, 3.63) is 32.6 Å². The number of hydrogen-bond donors (Lipinski definition) is 3. The average Bonchev–Trinajstić information content (AvgIpc) is 3.05. The summed E-state index contributed by atoms with van der Waals surface area (Å²) in [7, 11) is 0. The van der Waals surface area contributed by atoms with E-state index >= 15 is 0 Å². The highest BCUT2D eigenvalue weighted by molar-refractivity contribution is 5.04. The Morgan fingerprint density at radius 2 is 1.89 bits per heavy atom. The fourth-order valence-corrected chi connectivity index (χ4v) is 3.46. The van der Waals surface area contributed by atoms with Crippen LogP contribution in [0.1, 0.15) is 76.5 Å². The van der Waals surface area contributed by atoms with Gasteiger partial charge in [-0.2, -0.15) is 0 Å². The first-order valence-corrected chi connectivity index (χ1v) is 10.5. The van der Waals surface area contributed by atoms with E-state index in [0.29, 0.717) is 18.6 Å². The molecule has 0 aliphatic carbocycles. The second-order valence-electron chi connectivity index (χ2n) is 7.56. The van der Waals surface area contributed by atoms with Gasteiger partial charge < -0.3 is 20.3 Å². The molecule has 2 heterocycles. The molecule has 0 amide bonds. The Bertz CT molecular complexity index is 687. The number of nitrogens with zero attached hydrogens (tertiary/aromatic N) is 1. The molecular formula is C20H35N3O5. The van der Waals surface area contributed by atoms with Crippen molar-refractivity contribution in [2.75, 3.05) is 13.2 Å². The summed E-state index contributed by atoms with van der Waals surface area (Å²) in [6, 6.07) is -0.351. The summed E-state index contributed by atoms with van der Waals surface area (Å²) in [5.41, 5.74) is 5.29. The summed E-state index contributed by atoms with van der Waals surface area (Å²) < 4.78 is 12.6. The SMILES string of the molecule is CCCCCCCCCCOCc1cn([C@H]2CC(N)[C@@H](CO)O2)c(=O)[nH]c1=O. The minimum Gasteiger partial charge on any atom is -0.394 e. The van der Waals surface area contributed by atoms with Gasteiger partial charge in [0.1, 0.15) is 6.23 Å². The lowest BCUT2D eigenvalue weighted by Gasteiger charge is -2.15. The maximum absolute atomic E-state index is 12.1. The Balaban J connectivity index is 1.77. The molecule has 1 aromatic heterocycles. The van der Waals surface area contributed by atoms with Gasteiger partial charge in [0, 0.05) is 25.3 Å². The highest BCUT2D eigenvalue weighted by Crippen LogP contribution is 2.26. The van der Waals surface area contributed by atoms with Gasteiger partial charge in [0.25, 0.3) is 5.56 Å². The predicted octanol–water partition coefficient (Wildman–Crippen LogP) is 1.80. The van der Waals surface area contributed by atoms with Crippen molar-refractivity contribution in [3.8, 4) is 0 Å². The van der Waals surface area contributed by atoms with E-state index in [1.165, 1.54) is 49.3 Å². The molecule has 28 heavy (non-hydrogen) atoms. The third-order valence-corrected chi connectivity index (χ3v) is 5.21. The number of aliphatic hydroxyl groups excluding tert-OH is 1.